The molecule has 0 saturated carbocycles. The summed E-state index contributed by atoms with van der Waals surface area (Å²) in [6.07, 6.45) is 3.67. The number of hydrogen-bond donors (Lipinski definition) is 2. The van der Waals surface area contributed by atoms with Crippen LogP contribution in [0.4, 0.5) is 16.3 Å². The van der Waals surface area contributed by atoms with Crippen molar-refractivity contribution in [3.8, 4) is 5.75 Å². The number of carbonyl (C=O) groups is 2. The number of anilines is 2. The predicted molar refractivity (Wildman–Crippen MR) is 137 cm³/mol. The van der Waals surface area contributed by atoms with Gasteiger partial charge in [0.2, 0.25) is 3.79 Å². The molecule has 0 spiro atoms. The highest BCUT2D eigenvalue weighted by atomic mass is 127. The Morgan fingerprint density at radius 1 is 1.26 bits per heavy atom. The number of pyridine rings is 2. The largest absolute Gasteiger partial charge is 0.489 e. The standard InChI is InChI=1S/C24H31IN4O5/c1-15(2)33-24(32)29-12-9-18(10-13-29)34-20-8-11-26-23(21(20)22(25)31)28-19-7-6-17(5-4-14-30)27-16(19)3/h6-8,11,15,18,30H,4-5,9-10,12-14H2,1-3H3,(H,26,28). The van der Waals surface area contributed by atoms with E-state index in [1.807, 2.05) is 32.9 Å². The summed E-state index contributed by atoms with van der Waals surface area (Å²) in [4.78, 5) is 35.3. The van der Waals surface area contributed by atoms with Gasteiger partial charge in [0, 0.05) is 67.0 Å². The maximum atomic E-state index is 12.5. The van der Waals surface area contributed by atoms with Crippen molar-refractivity contribution in [2.45, 2.75) is 58.7 Å². The van der Waals surface area contributed by atoms with Gasteiger partial charge in [-0.2, -0.15) is 0 Å². The quantitative estimate of drug-likeness (QED) is 0.330. The Balaban J connectivity index is 1.71. The lowest BCUT2D eigenvalue weighted by molar-refractivity contribution is 0.0516. The molecule has 1 aliphatic rings. The lowest BCUT2D eigenvalue weighted by atomic mass is 10.1. The van der Waals surface area contributed by atoms with E-state index in [2.05, 4.69) is 15.3 Å². The summed E-state index contributed by atoms with van der Waals surface area (Å²) in [5.41, 5.74) is 2.79. The Labute approximate surface area is 213 Å². The summed E-state index contributed by atoms with van der Waals surface area (Å²) in [6, 6.07) is 5.49. The molecule has 0 unspecified atom stereocenters. The number of aryl methyl sites for hydroxylation is 2. The molecule has 2 aromatic heterocycles. The number of ether oxygens (including phenoxy) is 2. The first kappa shape index (κ1) is 26.1. The zero-order valence-corrected chi connectivity index (χ0v) is 21.9. The Morgan fingerprint density at radius 3 is 2.62 bits per heavy atom. The minimum atomic E-state index is -0.307. The van der Waals surface area contributed by atoms with E-state index in [9.17, 15) is 9.59 Å². The average molecular weight is 582 g/mol. The first-order valence-corrected chi connectivity index (χ1v) is 12.5. The highest BCUT2D eigenvalue weighted by Gasteiger charge is 2.27. The van der Waals surface area contributed by atoms with Crippen LogP contribution in [0.2, 0.25) is 0 Å². The number of nitrogens with zero attached hydrogens (tertiary/aromatic N) is 3. The molecule has 184 valence electrons. The number of piperidine rings is 1. The molecule has 1 amide bonds. The number of aliphatic hydroxyl groups excluding tert-OH is 1. The Hall–Kier alpha value is -2.47. The van der Waals surface area contributed by atoms with Crippen LogP contribution < -0.4 is 10.1 Å². The zero-order chi connectivity index (χ0) is 24.7. The zero-order valence-electron chi connectivity index (χ0n) is 19.7. The summed E-state index contributed by atoms with van der Waals surface area (Å²) in [5.74, 6) is 0.869. The van der Waals surface area contributed by atoms with Gasteiger partial charge in [0.1, 0.15) is 23.2 Å². The minimum Gasteiger partial charge on any atom is -0.489 e. The summed E-state index contributed by atoms with van der Waals surface area (Å²) < 4.78 is 11.3. The topological polar surface area (TPSA) is 114 Å². The fraction of sp³-hybridized carbons (Fsp3) is 0.500. The van der Waals surface area contributed by atoms with Gasteiger partial charge in [0.15, 0.2) is 0 Å². The molecule has 0 radical (unpaired) electrons. The predicted octanol–water partition coefficient (Wildman–Crippen LogP) is 4.42. The highest BCUT2D eigenvalue weighted by molar-refractivity contribution is 14.1. The van der Waals surface area contributed by atoms with E-state index in [1.165, 1.54) is 0 Å². The maximum absolute atomic E-state index is 12.5. The molecule has 34 heavy (non-hydrogen) atoms. The highest BCUT2D eigenvalue weighted by Crippen LogP contribution is 2.32. The van der Waals surface area contributed by atoms with Gasteiger partial charge in [0.05, 0.1) is 17.5 Å². The monoisotopic (exact) mass is 582 g/mol. The van der Waals surface area contributed by atoms with Crippen LogP contribution in [0.25, 0.3) is 0 Å². The van der Waals surface area contributed by atoms with Gasteiger partial charge in [-0.05, 0) is 51.8 Å². The second-order valence-corrected chi connectivity index (χ2v) is 9.41. The van der Waals surface area contributed by atoms with Crippen LogP contribution in [0.15, 0.2) is 24.4 Å². The van der Waals surface area contributed by atoms with Crippen LogP contribution in [-0.2, 0) is 11.2 Å². The smallest absolute Gasteiger partial charge is 0.410 e. The third kappa shape index (κ3) is 7.02. The van der Waals surface area contributed by atoms with Gasteiger partial charge >= 0.3 is 6.09 Å². The first-order valence-electron chi connectivity index (χ1n) is 11.4. The van der Waals surface area contributed by atoms with E-state index in [0.29, 0.717) is 55.9 Å². The molecule has 0 aromatic carbocycles. The van der Waals surface area contributed by atoms with E-state index < -0.39 is 0 Å². The molecule has 0 bridgehead atoms. The lowest BCUT2D eigenvalue weighted by Crippen LogP contribution is -2.42. The van der Waals surface area contributed by atoms with Crippen molar-refractivity contribution < 1.29 is 24.2 Å². The molecule has 9 nitrogen and oxygen atoms in total. The lowest BCUT2D eigenvalue weighted by Gasteiger charge is -2.32. The Bertz CT molecular complexity index is 1010. The van der Waals surface area contributed by atoms with Crippen molar-refractivity contribution in [3.63, 3.8) is 0 Å². The number of aliphatic hydroxyl groups is 1. The minimum absolute atomic E-state index is 0.123. The van der Waals surface area contributed by atoms with Gasteiger partial charge in [-0.3, -0.25) is 9.78 Å². The molecule has 2 aromatic rings. The number of rotatable bonds is 9. The summed E-state index contributed by atoms with van der Waals surface area (Å²) in [5, 5.41) is 12.3. The molecule has 0 atom stereocenters. The molecule has 1 saturated heterocycles. The van der Waals surface area contributed by atoms with Crippen molar-refractivity contribution >= 4 is 44.0 Å². The van der Waals surface area contributed by atoms with E-state index in [1.54, 1.807) is 39.8 Å². The van der Waals surface area contributed by atoms with Gasteiger partial charge < -0.3 is 24.8 Å². The molecule has 3 heterocycles. The Morgan fingerprint density at radius 2 is 2.00 bits per heavy atom. The van der Waals surface area contributed by atoms with E-state index >= 15 is 0 Å². The van der Waals surface area contributed by atoms with Crippen LogP contribution in [0.3, 0.4) is 0 Å². The summed E-state index contributed by atoms with van der Waals surface area (Å²) in [6.45, 7) is 6.73. The number of aromatic nitrogens is 2. The van der Waals surface area contributed by atoms with Crippen molar-refractivity contribution in [3.05, 3.63) is 41.3 Å². The van der Waals surface area contributed by atoms with Crippen molar-refractivity contribution in [1.82, 2.24) is 14.9 Å². The third-order valence-electron chi connectivity index (χ3n) is 5.43. The van der Waals surface area contributed by atoms with Gasteiger partial charge in [-0.25, -0.2) is 9.78 Å². The van der Waals surface area contributed by atoms with Crippen LogP contribution in [0, 0.1) is 6.92 Å². The molecule has 0 aliphatic carbocycles. The fourth-order valence-corrected chi connectivity index (χ4v) is 4.23. The van der Waals surface area contributed by atoms with Gasteiger partial charge in [0.25, 0.3) is 0 Å². The molecule has 1 fully saturated rings. The number of likely N-dealkylation sites (tertiary alicyclic amines) is 1. The van der Waals surface area contributed by atoms with Gasteiger partial charge in [-0.15, -0.1) is 0 Å². The molecule has 2 N–H and O–H groups in total. The normalized spacial score (nSPS) is 14.2. The van der Waals surface area contributed by atoms with Gasteiger partial charge in [-0.1, -0.05) is 0 Å². The molecule has 3 rings (SSSR count). The van der Waals surface area contributed by atoms with Crippen molar-refractivity contribution in [2.24, 2.45) is 0 Å². The number of halogens is 1. The second-order valence-electron chi connectivity index (χ2n) is 8.43. The third-order valence-corrected chi connectivity index (χ3v) is 5.97. The SMILES string of the molecule is Cc1nc(CCCO)ccc1Nc1nccc(OC2CCN(C(=O)OC(C)C)CC2)c1C(=O)I. The van der Waals surface area contributed by atoms with Crippen molar-refractivity contribution in [1.29, 1.82) is 0 Å². The van der Waals surface area contributed by atoms with Crippen molar-refractivity contribution in [2.75, 3.05) is 25.0 Å². The molecular formula is C24H31IN4O5. The van der Waals surface area contributed by atoms with Crippen LogP contribution in [0.5, 0.6) is 5.75 Å². The summed E-state index contributed by atoms with van der Waals surface area (Å²) >= 11 is 1.74. The second kappa shape index (κ2) is 12.3. The molecule has 10 heteroatoms. The number of nitrogens with one attached hydrogen (secondary N) is 1. The summed E-state index contributed by atoms with van der Waals surface area (Å²) in [7, 11) is 0. The van der Waals surface area contributed by atoms with Crippen LogP contribution in [0.1, 0.15) is 54.9 Å². The molecule has 1 aliphatic heterocycles. The average Bonchev–Trinajstić information content (AvgIpc) is 2.79. The van der Waals surface area contributed by atoms with E-state index in [0.717, 1.165) is 17.1 Å². The number of carbonyl (C=O) groups excluding carboxylic acids is 2. The first-order chi connectivity index (χ1) is 16.3. The molecular weight excluding hydrogens is 551 g/mol. The Kier molecular flexibility index (Phi) is 9.45. The fourth-order valence-electron chi connectivity index (χ4n) is 3.71. The number of amides is 1. The van der Waals surface area contributed by atoms with E-state index in [4.69, 9.17) is 14.6 Å². The van der Waals surface area contributed by atoms with Crippen LogP contribution >= 0.6 is 22.6 Å². The maximum Gasteiger partial charge on any atom is 0.410 e. The van der Waals surface area contributed by atoms with E-state index in [-0.39, 0.29) is 28.7 Å². The number of hydrogen-bond acceptors (Lipinski definition) is 8. The van der Waals surface area contributed by atoms with Crippen LogP contribution in [-0.4, -0.2) is 61.8 Å².